The first kappa shape index (κ1) is 62.4. The molecule has 4 aromatic rings. The van der Waals surface area contributed by atoms with Crippen molar-refractivity contribution in [2.75, 3.05) is 47.9 Å². The highest BCUT2D eigenvalue weighted by Gasteiger charge is 2.27. The largest absolute Gasteiger partial charge is 0.504 e. The van der Waals surface area contributed by atoms with Gasteiger partial charge >= 0.3 is 10.4 Å². The molecule has 9 N–H and O–H groups in total. The van der Waals surface area contributed by atoms with E-state index in [9.17, 15) is 87.3 Å². The molecule has 0 amide bonds. The van der Waals surface area contributed by atoms with Crippen LogP contribution < -0.4 is 32.4 Å². The summed E-state index contributed by atoms with van der Waals surface area (Å²) in [4.78, 5) is 21.2. The number of rotatable bonds is 28. The van der Waals surface area contributed by atoms with E-state index < -0.39 is 187 Å². The van der Waals surface area contributed by atoms with Crippen molar-refractivity contribution in [3.05, 3.63) is 85.8 Å². The standard InChI is InChI=1S/C30H30N6O30S9/c37-28-25(34-31-19-4-1-16(13-22(19)72(48,49)50)69(42,43)10-7-60-67-65-63-40)29(38)27(36-33-21-6-3-18(15-24(21)74(54,55)56)71(46,47)12-9-62-75(57,58)59)30(39)26(28)35-32-20-5-2-17(14-23(20)73(51,52)53)70(44,45)11-8-61-68-66-64-41/h1-6,13-15,31,33,37,40-41H,7-12H2,(H,48,49,50)(H,51,52,53)(H,54,55,56)(H,57,58,59)/b34-25-,35-32?,36-27+. The van der Waals surface area contributed by atoms with Crippen molar-refractivity contribution in [2.45, 2.75) is 29.4 Å². The quantitative estimate of drug-likeness (QED) is 0.00834. The average molecular weight is 1240 g/mol. The Morgan fingerprint density at radius 3 is 1.32 bits per heavy atom. The zero-order valence-corrected chi connectivity index (χ0v) is 43.3. The van der Waals surface area contributed by atoms with Crippen molar-refractivity contribution in [3.8, 4) is 5.75 Å². The van der Waals surface area contributed by atoms with Gasteiger partial charge in [-0.1, -0.05) is 10.1 Å². The Hall–Kier alpha value is -5.09. The van der Waals surface area contributed by atoms with Gasteiger partial charge in [0.05, 0.1) is 63.1 Å². The Kier molecular flexibility index (Phi) is 21.1. The summed E-state index contributed by atoms with van der Waals surface area (Å²) in [7, 11) is -35.3. The van der Waals surface area contributed by atoms with E-state index in [0.717, 1.165) is 6.07 Å². The van der Waals surface area contributed by atoms with Gasteiger partial charge in [0, 0.05) is 0 Å². The molecular formula is C30H30N6O30S9. The van der Waals surface area contributed by atoms with E-state index in [1.54, 1.807) is 0 Å². The number of phenolic OH excluding ortho intramolecular Hbond substituents is 1. The van der Waals surface area contributed by atoms with E-state index in [-0.39, 0.29) is 30.7 Å². The van der Waals surface area contributed by atoms with Gasteiger partial charge in [-0.15, -0.1) is 18.9 Å². The topological polar surface area (TPSA) is 553 Å². The van der Waals surface area contributed by atoms with Gasteiger partial charge in [0.1, 0.15) is 20.4 Å². The molecule has 0 aliphatic rings. The highest BCUT2D eigenvalue weighted by molar-refractivity contribution is 7.92. The van der Waals surface area contributed by atoms with Crippen LogP contribution in [0.15, 0.2) is 114 Å². The maximum atomic E-state index is 13.9. The van der Waals surface area contributed by atoms with Crippen LogP contribution in [0.4, 0.5) is 22.7 Å². The van der Waals surface area contributed by atoms with E-state index in [2.05, 4.69) is 51.7 Å². The molecule has 0 aliphatic heterocycles. The Morgan fingerprint density at radius 2 is 0.907 bits per heavy atom. The number of aromatic hydroxyl groups is 1. The molecule has 0 heterocycles. The molecule has 36 nitrogen and oxygen atoms in total. The monoisotopic (exact) mass is 1240 g/mol. The lowest BCUT2D eigenvalue weighted by atomic mass is 10.2. The normalized spacial score (nSPS) is 13.7. The Bertz CT molecular complexity index is 3910. The number of nitrogens with zero attached hydrogens (tertiary/aromatic N) is 4. The summed E-state index contributed by atoms with van der Waals surface area (Å²) in [5.74, 6) is -4.65. The van der Waals surface area contributed by atoms with Gasteiger partial charge in [-0.05, 0) is 54.6 Å². The zero-order valence-electron chi connectivity index (χ0n) is 35.9. The summed E-state index contributed by atoms with van der Waals surface area (Å²) >= 11 is -0.0170. The Balaban J connectivity index is 1.97. The van der Waals surface area contributed by atoms with Gasteiger partial charge in [-0.3, -0.25) is 47.0 Å². The van der Waals surface area contributed by atoms with Crippen LogP contribution in [-0.4, -0.2) is 130 Å². The molecule has 0 saturated carbocycles. The van der Waals surface area contributed by atoms with Crippen molar-refractivity contribution >= 4 is 118 Å². The van der Waals surface area contributed by atoms with Gasteiger partial charge in [0.2, 0.25) is 10.9 Å². The number of nitrogens with one attached hydrogen (secondary N) is 2. The second-order valence-electron chi connectivity index (χ2n) is 13.3. The number of anilines is 2. The summed E-state index contributed by atoms with van der Waals surface area (Å²) < 4.78 is 233. The number of hydrogen-bond donors (Lipinski definition) is 9. The van der Waals surface area contributed by atoms with Crippen LogP contribution in [0, 0.1) is 0 Å². The molecule has 0 fully saturated rings. The van der Waals surface area contributed by atoms with Crippen molar-refractivity contribution in [3.63, 3.8) is 0 Å². The summed E-state index contributed by atoms with van der Waals surface area (Å²) in [6, 6.07) is 4.84. The first-order chi connectivity index (χ1) is 34.6. The third kappa shape index (κ3) is 17.5. The van der Waals surface area contributed by atoms with Crippen LogP contribution in [0.2, 0.25) is 0 Å². The average Bonchev–Trinajstić information content (AvgIpc) is 3.29. The van der Waals surface area contributed by atoms with E-state index >= 15 is 0 Å². The highest BCUT2D eigenvalue weighted by Crippen LogP contribution is 2.31. The van der Waals surface area contributed by atoms with Crippen molar-refractivity contribution in [1.82, 2.24) is 0 Å². The van der Waals surface area contributed by atoms with Crippen molar-refractivity contribution in [1.29, 1.82) is 0 Å². The fraction of sp³-hybridized carbons (Fsp3) is 0.200. The molecule has 414 valence electrons. The minimum Gasteiger partial charge on any atom is -0.504 e. The summed E-state index contributed by atoms with van der Waals surface area (Å²) in [6.45, 7) is -2.54. The van der Waals surface area contributed by atoms with Crippen LogP contribution in [0.5, 0.6) is 5.75 Å². The van der Waals surface area contributed by atoms with E-state index in [4.69, 9.17) is 15.1 Å². The van der Waals surface area contributed by atoms with Gasteiger partial charge in [0.25, 0.3) is 30.4 Å². The van der Waals surface area contributed by atoms with Gasteiger partial charge in [-0.25, -0.2) is 40.0 Å². The predicted octanol–water partition coefficient (Wildman–Crippen LogP) is -0.858. The maximum absolute atomic E-state index is 13.9. The first-order valence-corrected chi connectivity index (χ1v) is 30.4. The van der Waals surface area contributed by atoms with Crippen LogP contribution >= 0.6 is 24.6 Å². The summed E-state index contributed by atoms with van der Waals surface area (Å²) in [5.41, 5.74) is -4.21. The molecule has 0 bridgehead atoms. The molecule has 4 rings (SSSR count). The molecule has 0 aliphatic carbocycles. The second kappa shape index (κ2) is 25.4. The van der Waals surface area contributed by atoms with E-state index in [0.29, 0.717) is 42.5 Å². The minimum absolute atomic E-state index is 0.00699. The van der Waals surface area contributed by atoms with Crippen molar-refractivity contribution < 1.29 is 124 Å². The number of azo groups is 1. The van der Waals surface area contributed by atoms with Gasteiger partial charge in [-0.2, -0.15) is 43.9 Å². The van der Waals surface area contributed by atoms with Crippen LogP contribution in [0.25, 0.3) is 0 Å². The van der Waals surface area contributed by atoms with Gasteiger partial charge in [0.15, 0.2) is 76.3 Å². The van der Waals surface area contributed by atoms with E-state index in [1.165, 1.54) is 0 Å². The highest BCUT2D eigenvalue weighted by atomic mass is 32.3. The van der Waals surface area contributed by atoms with E-state index in [1.807, 2.05) is 10.9 Å². The molecule has 0 saturated heterocycles. The maximum Gasteiger partial charge on any atom is 0.397 e. The lowest BCUT2D eigenvalue weighted by Crippen LogP contribution is -2.48. The smallest absolute Gasteiger partial charge is 0.397 e. The third-order valence-corrected chi connectivity index (χ3v) is 17.5. The number of sulfone groups is 3. The summed E-state index contributed by atoms with van der Waals surface area (Å²) in [5, 5.41) is 44.9. The lowest BCUT2D eigenvalue weighted by Gasteiger charge is -2.10. The Morgan fingerprint density at radius 1 is 0.507 bits per heavy atom. The fourth-order valence-corrected chi connectivity index (χ4v) is 11.9. The SMILES string of the molecule is O=c1c(N=Nc2ccc(S(=O)(=O)CCOSOOO)cc2S(=O)(=O)O)c(O)/c(=N/Nc2ccc(S(=O)(=O)CCOSOOO)cc2S(=O)(=O)O)c(=O)/c1=N\Nc1ccc(S(=O)(=O)CCOS(=O)(=O)O)cc1S(=O)(=O)O. The molecular weight excluding hydrogens is 1210 g/mol. The molecule has 0 atom stereocenters. The Labute approximate surface area is 428 Å². The van der Waals surface area contributed by atoms with Crippen LogP contribution in [0.3, 0.4) is 0 Å². The zero-order chi connectivity index (χ0) is 56.4. The van der Waals surface area contributed by atoms with Crippen LogP contribution in [-0.2, 0) is 102 Å². The second-order valence-corrected chi connectivity index (χ2v) is 25.9. The lowest BCUT2D eigenvalue weighted by molar-refractivity contribution is -0.434. The molecule has 4 aromatic carbocycles. The molecule has 45 heteroatoms. The third-order valence-electron chi connectivity index (χ3n) is 8.56. The first-order valence-electron chi connectivity index (χ1n) is 18.4. The fourth-order valence-electron chi connectivity index (χ4n) is 5.29. The number of hydrogen-bond acceptors (Lipinski definition) is 34. The molecule has 0 radical (unpaired) electrons. The van der Waals surface area contributed by atoms with Crippen LogP contribution in [0.1, 0.15) is 0 Å². The molecule has 0 aromatic heterocycles. The van der Waals surface area contributed by atoms with Gasteiger partial charge < -0.3 is 5.11 Å². The minimum atomic E-state index is -5.54. The molecule has 0 spiro atoms. The molecule has 75 heavy (non-hydrogen) atoms. The summed E-state index contributed by atoms with van der Waals surface area (Å²) in [6.07, 6.45) is 0. The predicted molar refractivity (Wildman–Crippen MR) is 245 cm³/mol. The molecule has 0 unspecified atom stereocenters. The number of phenols is 1. The number of benzene rings is 4. The van der Waals surface area contributed by atoms with Crippen molar-refractivity contribution in [2.24, 2.45) is 20.4 Å².